The zero-order valence-corrected chi connectivity index (χ0v) is 12.9. The predicted octanol–water partition coefficient (Wildman–Crippen LogP) is 4.01. The van der Waals surface area contributed by atoms with Crippen LogP contribution in [0.4, 0.5) is 5.82 Å². The maximum atomic E-state index is 5.90. The number of hydrogen-bond donors (Lipinski definition) is 0. The number of halogens is 1. The van der Waals surface area contributed by atoms with Gasteiger partial charge in [-0.15, -0.1) is 11.3 Å². The number of nitrogens with zero attached hydrogens (tertiary/aromatic N) is 4. The molecule has 1 aliphatic rings. The molecular weight excluding hydrogens is 304 g/mol. The van der Waals surface area contributed by atoms with Crippen molar-refractivity contribution in [2.45, 2.75) is 12.8 Å². The Kier molecular flexibility index (Phi) is 3.24. The second-order valence-corrected chi connectivity index (χ2v) is 6.51. The maximum Gasteiger partial charge on any atom is 0.131 e. The van der Waals surface area contributed by atoms with Crippen molar-refractivity contribution in [3.63, 3.8) is 0 Å². The van der Waals surface area contributed by atoms with Gasteiger partial charge in [0.2, 0.25) is 0 Å². The standard InChI is InChI=1S/C15H13ClN4S/c16-13-7-11-12(9-17-13)21-15(19-11)10-3-4-14(18-8-10)20-5-1-2-6-20/h3-4,7-9H,1-2,5-6H2. The highest BCUT2D eigenvalue weighted by Crippen LogP contribution is 2.31. The van der Waals surface area contributed by atoms with Crippen molar-refractivity contribution in [2.24, 2.45) is 0 Å². The van der Waals surface area contributed by atoms with E-state index >= 15 is 0 Å². The number of rotatable bonds is 2. The molecule has 6 heteroatoms. The minimum atomic E-state index is 0.474. The number of anilines is 1. The Bertz CT molecular complexity index is 778. The molecule has 0 amide bonds. The van der Waals surface area contributed by atoms with E-state index in [1.807, 2.05) is 6.20 Å². The smallest absolute Gasteiger partial charge is 0.131 e. The summed E-state index contributed by atoms with van der Waals surface area (Å²) in [4.78, 5) is 15.6. The lowest BCUT2D eigenvalue weighted by Crippen LogP contribution is -2.18. The molecule has 106 valence electrons. The van der Waals surface area contributed by atoms with Crippen LogP contribution in [-0.2, 0) is 0 Å². The van der Waals surface area contributed by atoms with E-state index in [1.165, 1.54) is 12.8 Å². The van der Waals surface area contributed by atoms with Crippen molar-refractivity contribution in [2.75, 3.05) is 18.0 Å². The Labute approximate surface area is 131 Å². The second kappa shape index (κ2) is 5.24. The van der Waals surface area contributed by atoms with Crippen molar-refractivity contribution < 1.29 is 0 Å². The molecule has 3 aromatic rings. The van der Waals surface area contributed by atoms with Crippen LogP contribution in [0.5, 0.6) is 0 Å². The average molecular weight is 317 g/mol. The van der Waals surface area contributed by atoms with Crippen LogP contribution in [0.3, 0.4) is 0 Å². The fourth-order valence-corrected chi connectivity index (χ4v) is 3.64. The van der Waals surface area contributed by atoms with Gasteiger partial charge >= 0.3 is 0 Å². The third-order valence-corrected chi connectivity index (χ3v) is 4.93. The molecule has 0 spiro atoms. The average Bonchev–Trinajstić information content (AvgIpc) is 3.16. The number of pyridine rings is 2. The van der Waals surface area contributed by atoms with Gasteiger partial charge in [-0.3, -0.25) is 0 Å². The van der Waals surface area contributed by atoms with Gasteiger partial charge in [0, 0.05) is 37.1 Å². The molecule has 4 nitrogen and oxygen atoms in total. The Hall–Kier alpha value is -1.72. The van der Waals surface area contributed by atoms with Gasteiger partial charge in [0.05, 0.1) is 10.2 Å². The Morgan fingerprint density at radius 2 is 1.95 bits per heavy atom. The van der Waals surface area contributed by atoms with Crippen LogP contribution >= 0.6 is 22.9 Å². The molecule has 0 saturated carbocycles. The highest BCUT2D eigenvalue weighted by molar-refractivity contribution is 7.21. The normalized spacial score (nSPS) is 15.0. The first-order valence-electron chi connectivity index (χ1n) is 6.93. The third kappa shape index (κ3) is 2.47. The van der Waals surface area contributed by atoms with Gasteiger partial charge in [0.1, 0.15) is 16.0 Å². The summed E-state index contributed by atoms with van der Waals surface area (Å²) >= 11 is 7.51. The first kappa shape index (κ1) is 13.0. The molecule has 4 rings (SSSR count). The van der Waals surface area contributed by atoms with Crippen LogP contribution in [0.2, 0.25) is 5.15 Å². The van der Waals surface area contributed by atoms with Gasteiger partial charge in [-0.1, -0.05) is 11.6 Å². The van der Waals surface area contributed by atoms with Gasteiger partial charge in [0.15, 0.2) is 0 Å². The van der Waals surface area contributed by atoms with Crippen molar-refractivity contribution in [3.8, 4) is 10.6 Å². The molecule has 1 aliphatic heterocycles. The van der Waals surface area contributed by atoms with E-state index in [0.717, 1.165) is 39.7 Å². The topological polar surface area (TPSA) is 41.9 Å². The van der Waals surface area contributed by atoms with E-state index < -0.39 is 0 Å². The highest BCUT2D eigenvalue weighted by atomic mass is 35.5. The molecule has 0 atom stereocenters. The van der Waals surface area contributed by atoms with E-state index in [1.54, 1.807) is 23.6 Å². The van der Waals surface area contributed by atoms with Crippen LogP contribution in [0.15, 0.2) is 30.6 Å². The number of fused-ring (bicyclic) bond motifs is 1. The fraction of sp³-hybridized carbons (Fsp3) is 0.267. The molecule has 1 fully saturated rings. The molecule has 0 radical (unpaired) electrons. The Morgan fingerprint density at radius 1 is 1.10 bits per heavy atom. The van der Waals surface area contributed by atoms with Crippen molar-refractivity contribution in [1.82, 2.24) is 15.0 Å². The molecule has 3 aromatic heterocycles. The molecule has 0 unspecified atom stereocenters. The predicted molar refractivity (Wildman–Crippen MR) is 87.1 cm³/mol. The summed E-state index contributed by atoms with van der Waals surface area (Å²) < 4.78 is 1.04. The zero-order chi connectivity index (χ0) is 14.2. The number of hydrogen-bond acceptors (Lipinski definition) is 5. The molecule has 0 bridgehead atoms. The van der Waals surface area contributed by atoms with Crippen LogP contribution < -0.4 is 4.90 Å². The Balaban J connectivity index is 1.67. The molecule has 0 aliphatic carbocycles. The van der Waals surface area contributed by atoms with Gasteiger partial charge in [0.25, 0.3) is 0 Å². The lowest BCUT2D eigenvalue weighted by atomic mass is 10.3. The van der Waals surface area contributed by atoms with Gasteiger partial charge in [-0.25, -0.2) is 15.0 Å². The summed E-state index contributed by atoms with van der Waals surface area (Å²) in [6.45, 7) is 2.22. The third-order valence-electron chi connectivity index (χ3n) is 3.67. The summed E-state index contributed by atoms with van der Waals surface area (Å²) in [5.41, 5.74) is 1.92. The summed E-state index contributed by atoms with van der Waals surface area (Å²) in [5.74, 6) is 1.06. The zero-order valence-electron chi connectivity index (χ0n) is 11.3. The monoisotopic (exact) mass is 316 g/mol. The molecule has 0 aromatic carbocycles. The maximum absolute atomic E-state index is 5.90. The molecule has 1 saturated heterocycles. The summed E-state index contributed by atoms with van der Waals surface area (Å²) in [5, 5.41) is 1.43. The molecule has 21 heavy (non-hydrogen) atoms. The first-order chi connectivity index (χ1) is 10.3. The quantitative estimate of drug-likeness (QED) is 0.670. The summed E-state index contributed by atoms with van der Waals surface area (Å²) in [7, 11) is 0. The summed E-state index contributed by atoms with van der Waals surface area (Å²) in [6.07, 6.45) is 6.19. The van der Waals surface area contributed by atoms with Gasteiger partial charge in [-0.05, 0) is 25.0 Å². The van der Waals surface area contributed by atoms with Crippen molar-refractivity contribution >= 4 is 39.0 Å². The number of aromatic nitrogens is 3. The Morgan fingerprint density at radius 3 is 2.71 bits per heavy atom. The largest absolute Gasteiger partial charge is 0.357 e. The van der Waals surface area contributed by atoms with E-state index in [-0.39, 0.29) is 0 Å². The lowest BCUT2D eigenvalue weighted by molar-refractivity contribution is 0.938. The summed E-state index contributed by atoms with van der Waals surface area (Å²) in [6, 6.07) is 5.97. The molecular formula is C15H13ClN4S. The highest BCUT2D eigenvalue weighted by Gasteiger charge is 2.14. The van der Waals surface area contributed by atoms with E-state index in [9.17, 15) is 0 Å². The van der Waals surface area contributed by atoms with E-state index in [4.69, 9.17) is 11.6 Å². The minimum absolute atomic E-state index is 0.474. The van der Waals surface area contributed by atoms with Gasteiger partial charge in [-0.2, -0.15) is 0 Å². The van der Waals surface area contributed by atoms with Crippen LogP contribution in [0, 0.1) is 0 Å². The SMILES string of the molecule is Clc1cc2nc(-c3ccc(N4CCCC4)nc3)sc2cn1. The van der Waals surface area contributed by atoms with Crippen molar-refractivity contribution in [1.29, 1.82) is 0 Å². The van der Waals surface area contributed by atoms with Crippen LogP contribution in [0.1, 0.15) is 12.8 Å². The lowest BCUT2D eigenvalue weighted by Gasteiger charge is -2.15. The van der Waals surface area contributed by atoms with Crippen LogP contribution in [0.25, 0.3) is 20.8 Å². The second-order valence-electron chi connectivity index (χ2n) is 5.09. The molecule has 0 N–H and O–H groups in total. The van der Waals surface area contributed by atoms with Gasteiger partial charge < -0.3 is 4.90 Å². The van der Waals surface area contributed by atoms with Crippen LogP contribution in [-0.4, -0.2) is 28.0 Å². The molecule has 4 heterocycles. The van der Waals surface area contributed by atoms with E-state index in [0.29, 0.717) is 5.15 Å². The fourth-order valence-electron chi connectivity index (χ4n) is 2.58. The van der Waals surface area contributed by atoms with Crippen molar-refractivity contribution in [3.05, 3.63) is 35.7 Å². The first-order valence-corrected chi connectivity index (χ1v) is 8.12. The minimum Gasteiger partial charge on any atom is -0.357 e. The van der Waals surface area contributed by atoms with E-state index in [2.05, 4.69) is 32.0 Å². The number of thiazole rings is 1.